The minimum absolute atomic E-state index is 0.763. The van der Waals surface area contributed by atoms with Gasteiger partial charge < -0.3 is 5.73 Å². The second-order valence-electron chi connectivity index (χ2n) is 5.51. The van der Waals surface area contributed by atoms with Gasteiger partial charge in [-0.1, -0.05) is 56.0 Å². The molecule has 1 aromatic heterocycles. The van der Waals surface area contributed by atoms with Crippen molar-refractivity contribution < 1.29 is 0 Å². The lowest BCUT2D eigenvalue weighted by Crippen LogP contribution is -1.98. The number of benzene rings is 1. The fourth-order valence-electron chi connectivity index (χ4n) is 2.52. The standard InChI is InChI=1S/C17H25N3/c1-4-5-6-7-8-15-16(17(18)20(3)19-15)14-11-9-13(2)10-12-14/h9-12H,4-8,18H2,1-3H3. The number of anilines is 1. The molecule has 3 heteroatoms. The molecular weight excluding hydrogens is 246 g/mol. The molecule has 20 heavy (non-hydrogen) atoms. The average molecular weight is 271 g/mol. The molecule has 0 atom stereocenters. The second kappa shape index (κ2) is 6.60. The number of nitrogens with two attached hydrogens (primary N) is 1. The van der Waals surface area contributed by atoms with E-state index in [2.05, 4.69) is 43.2 Å². The van der Waals surface area contributed by atoms with E-state index in [1.807, 2.05) is 7.05 Å². The maximum absolute atomic E-state index is 6.20. The molecule has 2 rings (SSSR count). The van der Waals surface area contributed by atoms with Gasteiger partial charge in [-0.2, -0.15) is 5.10 Å². The van der Waals surface area contributed by atoms with E-state index in [0.29, 0.717) is 0 Å². The summed E-state index contributed by atoms with van der Waals surface area (Å²) in [6, 6.07) is 8.53. The normalized spacial score (nSPS) is 10.9. The number of nitrogens with zero attached hydrogens (tertiary/aromatic N) is 2. The molecule has 0 aliphatic rings. The van der Waals surface area contributed by atoms with Gasteiger partial charge in [0.05, 0.1) is 5.69 Å². The maximum Gasteiger partial charge on any atom is 0.129 e. The van der Waals surface area contributed by atoms with Crippen LogP contribution in [-0.2, 0) is 13.5 Å². The van der Waals surface area contributed by atoms with Crippen molar-refractivity contribution in [3.8, 4) is 11.1 Å². The zero-order valence-corrected chi connectivity index (χ0v) is 12.8. The highest BCUT2D eigenvalue weighted by atomic mass is 15.3. The van der Waals surface area contributed by atoms with Crippen LogP contribution in [0, 0.1) is 6.92 Å². The Morgan fingerprint density at radius 3 is 2.45 bits per heavy atom. The third kappa shape index (κ3) is 3.21. The lowest BCUT2D eigenvalue weighted by Gasteiger charge is -2.05. The van der Waals surface area contributed by atoms with Crippen LogP contribution in [0.3, 0.4) is 0 Å². The SMILES string of the molecule is CCCCCCc1nn(C)c(N)c1-c1ccc(C)cc1. The van der Waals surface area contributed by atoms with Crippen LogP contribution < -0.4 is 5.73 Å². The first kappa shape index (κ1) is 14.6. The van der Waals surface area contributed by atoms with Crippen LogP contribution in [0.2, 0.25) is 0 Å². The first-order chi connectivity index (χ1) is 9.63. The highest BCUT2D eigenvalue weighted by Crippen LogP contribution is 2.30. The van der Waals surface area contributed by atoms with E-state index in [-0.39, 0.29) is 0 Å². The van der Waals surface area contributed by atoms with Crippen LogP contribution in [0.5, 0.6) is 0 Å². The van der Waals surface area contributed by atoms with Crippen molar-refractivity contribution in [1.82, 2.24) is 9.78 Å². The Labute approximate surface area is 121 Å². The van der Waals surface area contributed by atoms with E-state index in [1.165, 1.54) is 36.8 Å². The number of aromatic nitrogens is 2. The Balaban J connectivity index is 2.24. The van der Waals surface area contributed by atoms with Gasteiger partial charge in [-0.05, 0) is 25.3 Å². The molecule has 0 unspecified atom stereocenters. The van der Waals surface area contributed by atoms with Gasteiger partial charge in [0.15, 0.2) is 0 Å². The maximum atomic E-state index is 6.20. The lowest BCUT2D eigenvalue weighted by molar-refractivity contribution is 0.651. The predicted molar refractivity (Wildman–Crippen MR) is 85.6 cm³/mol. The van der Waals surface area contributed by atoms with Gasteiger partial charge >= 0.3 is 0 Å². The average Bonchev–Trinajstić information content (AvgIpc) is 2.72. The van der Waals surface area contributed by atoms with E-state index in [1.54, 1.807) is 4.68 Å². The Bertz CT molecular complexity index is 552. The third-order valence-electron chi connectivity index (χ3n) is 3.77. The summed E-state index contributed by atoms with van der Waals surface area (Å²) in [5.74, 6) is 0.763. The Morgan fingerprint density at radius 1 is 1.10 bits per heavy atom. The molecule has 0 spiro atoms. The summed E-state index contributed by atoms with van der Waals surface area (Å²) in [6.45, 7) is 4.33. The van der Waals surface area contributed by atoms with Gasteiger partial charge in [0, 0.05) is 12.6 Å². The van der Waals surface area contributed by atoms with Crippen molar-refractivity contribution in [2.45, 2.75) is 46.0 Å². The van der Waals surface area contributed by atoms with Crippen LogP contribution in [0.1, 0.15) is 43.9 Å². The van der Waals surface area contributed by atoms with E-state index in [9.17, 15) is 0 Å². The van der Waals surface area contributed by atoms with Crippen molar-refractivity contribution in [2.24, 2.45) is 7.05 Å². The first-order valence-corrected chi connectivity index (χ1v) is 7.52. The van der Waals surface area contributed by atoms with Gasteiger partial charge in [0.25, 0.3) is 0 Å². The topological polar surface area (TPSA) is 43.8 Å². The minimum atomic E-state index is 0.763. The molecule has 0 amide bonds. The number of unbranched alkanes of at least 4 members (excludes halogenated alkanes) is 3. The predicted octanol–water partition coefficient (Wildman–Crippen LogP) is 4.10. The summed E-state index contributed by atoms with van der Waals surface area (Å²) < 4.78 is 1.80. The Hall–Kier alpha value is -1.77. The van der Waals surface area contributed by atoms with Gasteiger partial charge in [0.2, 0.25) is 0 Å². The molecular formula is C17H25N3. The van der Waals surface area contributed by atoms with Crippen LogP contribution in [0.25, 0.3) is 11.1 Å². The lowest BCUT2D eigenvalue weighted by atomic mass is 10.0. The Kier molecular flexibility index (Phi) is 4.83. The van der Waals surface area contributed by atoms with E-state index in [4.69, 9.17) is 5.73 Å². The largest absolute Gasteiger partial charge is 0.383 e. The van der Waals surface area contributed by atoms with Gasteiger partial charge in [0.1, 0.15) is 5.82 Å². The van der Waals surface area contributed by atoms with E-state index >= 15 is 0 Å². The number of rotatable bonds is 6. The van der Waals surface area contributed by atoms with Crippen LogP contribution in [-0.4, -0.2) is 9.78 Å². The smallest absolute Gasteiger partial charge is 0.129 e. The van der Waals surface area contributed by atoms with Crippen molar-refractivity contribution >= 4 is 5.82 Å². The van der Waals surface area contributed by atoms with Crippen molar-refractivity contribution in [1.29, 1.82) is 0 Å². The molecule has 0 saturated carbocycles. The van der Waals surface area contributed by atoms with Crippen LogP contribution >= 0.6 is 0 Å². The Morgan fingerprint density at radius 2 is 1.80 bits per heavy atom. The molecule has 1 heterocycles. The highest BCUT2D eigenvalue weighted by molar-refractivity contribution is 5.76. The zero-order chi connectivity index (χ0) is 14.5. The van der Waals surface area contributed by atoms with Gasteiger partial charge in [-0.25, -0.2) is 0 Å². The summed E-state index contributed by atoms with van der Waals surface area (Å²) >= 11 is 0. The van der Waals surface area contributed by atoms with Crippen LogP contribution in [0.4, 0.5) is 5.82 Å². The summed E-state index contributed by atoms with van der Waals surface area (Å²) in [6.07, 6.45) is 6.01. The molecule has 0 fully saturated rings. The number of nitrogen functional groups attached to an aromatic ring is 1. The summed E-state index contributed by atoms with van der Waals surface area (Å²) in [5, 5.41) is 4.60. The van der Waals surface area contributed by atoms with E-state index < -0.39 is 0 Å². The molecule has 2 aromatic rings. The molecule has 3 nitrogen and oxygen atoms in total. The van der Waals surface area contributed by atoms with Crippen molar-refractivity contribution in [3.63, 3.8) is 0 Å². The fraction of sp³-hybridized carbons (Fsp3) is 0.471. The molecule has 108 valence electrons. The fourth-order valence-corrected chi connectivity index (χ4v) is 2.52. The zero-order valence-electron chi connectivity index (χ0n) is 12.8. The van der Waals surface area contributed by atoms with Gasteiger partial charge in [-0.15, -0.1) is 0 Å². The molecule has 0 saturated heterocycles. The molecule has 2 N–H and O–H groups in total. The monoisotopic (exact) mass is 271 g/mol. The first-order valence-electron chi connectivity index (χ1n) is 7.52. The summed E-state index contributed by atoms with van der Waals surface area (Å²) in [7, 11) is 1.92. The number of aryl methyl sites for hydroxylation is 3. The third-order valence-corrected chi connectivity index (χ3v) is 3.77. The number of hydrogen-bond acceptors (Lipinski definition) is 2. The van der Waals surface area contributed by atoms with Crippen molar-refractivity contribution in [3.05, 3.63) is 35.5 Å². The van der Waals surface area contributed by atoms with E-state index in [0.717, 1.165) is 23.5 Å². The summed E-state index contributed by atoms with van der Waals surface area (Å²) in [5.41, 5.74) is 10.9. The highest BCUT2D eigenvalue weighted by Gasteiger charge is 2.15. The second-order valence-corrected chi connectivity index (χ2v) is 5.51. The molecule has 0 aliphatic carbocycles. The quantitative estimate of drug-likeness (QED) is 0.804. The van der Waals surface area contributed by atoms with Gasteiger partial charge in [-0.3, -0.25) is 4.68 Å². The molecule has 0 bridgehead atoms. The van der Waals surface area contributed by atoms with Crippen LogP contribution in [0.15, 0.2) is 24.3 Å². The van der Waals surface area contributed by atoms with Crippen molar-refractivity contribution in [2.75, 3.05) is 5.73 Å². The molecule has 0 radical (unpaired) electrons. The molecule has 0 aliphatic heterocycles. The minimum Gasteiger partial charge on any atom is -0.383 e. The summed E-state index contributed by atoms with van der Waals surface area (Å²) in [4.78, 5) is 0. The number of hydrogen-bond donors (Lipinski definition) is 1. The molecule has 1 aromatic carbocycles.